The van der Waals surface area contributed by atoms with Crippen LogP contribution in [0.15, 0.2) is 48.5 Å². The average molecular weight is 361 g/mol. The maximum absolute atomic E-state index is 13.0. The van der Waals surface area contributed by atoms with Crippen molar-refractivity contribution in [2.24, 2.45) is 5.92 Å². The second-order valence-corrected chi connectivity index (χ2v) is 6.45. The van der Waals surface area contributed by atoms with E-state index in [0.29, 0.717) is 42.2 Å². The zero-order valence-electron chi connectivity index (χ0n) is 13.5. The van der Waals surface area contributed by atoms with Crippen molar-refractivity contribution in [3.63, 3.8) is 0 Å². The number of anilines is 1. The number of para-hydroxylation sites is 1. The van der Waals surface area contributed by atoms with Gasteiger partial charge in [-0.25, -0.2) is 9.18 Å². The summed E-state index contributed by atoms with van der Waals surface area (Å²) in [7, 11) is 0. The molecule has 4 nitrogen and oxygen atoms in total. The molecule has 0 radical (unpaired) electrons. The number of rotatable bonds is 3. The molecule has 0 spiro atoms. The Hall–Kier alpha value is -2.40. The van der Waals surface area contributed by atoms with E-state index in [1.807, 2.05) is 0 Å². The minimum atomic E-state index is -0.359. The van der Waals surface area contributed by atoms with E-state index < -0.39 is 0 Å². The number of amides is 2. The smallest absolute Gasteiger partial charge is 0.321 e. The van der Waals surface area contributed by atoms with Gasteiger partial charge < -0.3 is 10.2 Å². The van der Waals surface area contributed by atoms with Crippen molar-refractivity contribution in [3.8, 4) is 0 Å². The fourth-order valence-corrected chi connectivity index (χ4v) is 3.13. The number of ketones is 1. The second kappa shape index (κ2) is 7.66. The lowest BCUT2D eigenvalue weighted by Crippen LogP contribution is -2.42. The maximum atomic E-state index is 13.0. The Bertz CT molecular complexity index is 771. The number of nitrogens with zero attached hydrogens (tertiary/aromatic N) is 1. The third kappa shape index (κ3) is 4.17. The number of benzene rings is 2. The molecule has 25 heavy (non-hydrogen) atoms. The number of halogens is 2. The van der Waals surface area contributed by atoms with Crippen LogP contribution in [0.4, 0.5) is 14.9 Å². The number of urea groups is 1. The van der Waals surface area contributed by atoms with E-state index in [0.717, 1.165) is 0 Å². The maximum Gasteiger partial charge on any atom is 0.321 e. The number of piperidine rings is 1. The van der Waals surface area contributed by atoms with Crippen molar-refractivity contribution in [2.45, 2.75) is 12.8 Å². The molecule has 1 N–H and O–H groups in total. The molecule has 2 aromatic carbocycles. The molecule has 0 atom stereocenters. The van der Waals surface area contributed by atoms with E-state index in [-0.39, 0.29) is 23.5 Å². The van der Waals surface area contributed by atoms with Crippen molar-refractivity contribution < 1.29 is 14.0 Å². The molecule has 3 rings (SSSR count). The molecule has 1 saturated heterocycles. The molecule has 2 aromatic rings. The summed E-state index contributed by atoms with van der Waals surface area (Å²) >= 11 is 6.05. The number of likely N-dealkylation sites (tertiary alicyclic amines) is 1. The lowest BCUT2D eigenvalue weighted by atomic mass is 9.89. The van der Waals surface area contributed by atoms with Crippen LogP contribution >= 0.6 is 11.6 Å². The molecule has 1 heterocycles. The summed E-state index contributed by atoms with van der Waals surface area (Å²) in [5.74, 6) is -0.497. The molecule has 0 bridgehead atoms. The third-order valence-electron chi connectivity index (χ3n) is 4.40. The highest BCUT2D eigenvalue weighted by molar-refractivity contribution is 6.33. The van der Waals surface area contributed by atoms with Gasteiger partial charge in [0, 0.05) is 24.6 Å². The molecule has 0 unspecified atom stereocenters. The molecule has 1 fully saturated rings. The van der Waals surface area contributed by atoms with Gasteiger partial charge in [-0.15, -0.1) is 0 Å². The van der Waals surface area contributed by atoms with Crippen LogP contribution in [0, 0.1) is 11.7 Å². The summed E-state index contributed by atoms with van der Waals surface area (Å²) in [6, 6.07) is 12.4. The Morgan fingerprint density at radius 2 is 1.68 bits per heavy atom. The Morgan fingerprint density at radius 1 is 1.04 bits per heavy atom. The Morgan fingerprint density at radius 3 is 2.32 bits per heavy atom. The topological polar surface area (TPSA) is 49.4 Å². The van der Waals surface area contributed by atoms with E-state index in [2.05, 4.69) is 5.32 Å². The standard InChI is InChI=1S/C19H18ClFN2O2/c20-16-3-1-2-4-17(16)22-19(25)23-11-9-14(10-12-23)18(24)13-5-7-15(21)8-6-13/h1-8,14H,9-12H2,(H,22,25). The number of hydrogen-bond donors (Lipinski definition) is 1. The van der Waals surface area contributed by atoms with Crippen LogP contribution in [-0.2, 0) is 0 Å². The third-order valence-corrected chi connectivity index (χ3v) is 4.73. The van der Waals surface area contributed by atoms with E-state index in [4.69, 9.17) is 11.6 Å². The molecule has 2 amide bonds. The fraction of sp³-hybridized carbons (Fsp3) is 0.263. The summed E-state index contributed by atoms with van der Waals surface area (Å²) in [5, 5.41) is 3.27. The van der Waals surface area contributed by atoms with Gasteiger partial charge in [0.1, 0.15) is 5.82 Å². The Balaban J connectivity index is 1.56. The average Bonchev–Trinajstić information content (AvgIpc) is 2.64. The minimum absolute atomic E-state index is 0.00571. The number of carbonyl (C=O) groups excluding carboxylic acids is 2. The zero-order chi connectivity index (χ0) is 17.8. The van der Waals surface area contributed by atoms with Gasteiger partial charge in [0.2, 0.25) is 0 Å². The van der Waals surface area contributed by atoms with Crippen LogP contribution < -0.4 is 5.32 Å². The summed E-state index contributed by atoms with van der Waals surface area (Å²) in [6.45, 7) is 0.988. The quantitative estimate of drug-likeness (QED) is 0.813. The van der Waals surface area contributed by atoms with E-state index >= 15 is 0 Å². The Labute approximate surface area is 150 Å². The van der Waals surface area contributed by atoms with Crippen LogP contribution in [0.1, 0.15) is 23.2 Å². The van der Waals surface area contributed by atoms with Gasteiger partial charge in [-0.2, -0.15) is 0 Å². The molecule has 130 valence electrons. The molecule has 1 aliphatic rings. The molecular formula is C19H18ClFN2O2. The zero-order valence-corrected chi connectivity index (χ0v) is 14.3. The van der Waals surface area contributed by atoms with Gasteiger partial charge >= 0.3 is 6.03 Å². The SMILES string of the molecule is O=C(c1ccc(F)cc1)C1CCN(C(=O)Nc2ccccc2Cl)CC1. The van der Waals surface area contributed by atoms with Crippen LogP contribution in [0.5, 0.6) is 0 Å². The first-order valence-corrected chi connectivity index (χ1v) is 8.52. The number of nitrogens with one attached hydrogen (secondary N) is 1. The molecule has 0 saturated carbocycles. The van der Waals surface area contributed by atoms with Crippen LogP contribution in [-0.4, -0.2) is 29.8 Å². The first-order chi connectivity index (χ1) is 12.0. The number of carbonyl (C=O) groups is 2. The van der Waals surface area contributed by atoms with Gasteiger partial charge in [0.25, 0.3) is 0 Å². The predicted molar refractivity (Wildman–Crippen MR) is 95.5 cm³/mol. The molecule has 6 heteroatoms. The highest BCUT2D eigenvalue weighted by atomic mass is 35.5. The molecule has 1 aliphatic heterocycles. The van der Waals surface area contributed by atoms with Gasteiger partial charge in [-0.3, -0.25) is 4.79 Å². The first-order valence-electron chi connectivity index (χ1n) is 8.15. The van der Waals surface area contributed by atoms with Crippen molar-refractivity contribution in [3.05, 3.63) is 64.9 Å². The summed E-state index contributed by atoms with van der Waals surface area (Å²) in [5.41, 5.74) is 1.08. The van der Waals surface area contributed by atoms with E-state index in [9.17, 15) is 14.0 Å². The summed E-state index contributed by atoms with van der Waals surface area (Å²) in [4.78, 5) is 26.5. The molecule has 0 aliphatic carbocycles. The van der Waals surface area contributed by atoms with Gasteiger partial charge in [0.15, 0.2) is 5.78 Å². The first kappa shape index (κ1) is 17.4. The normalized spacial score (nSPS) is 15.0. The highest BCUT2D eigenvalue weighted by Crippen LogP contribution is 2.24. The van der Waals surface area contributed by atoms with Crippen molar-refractivity contribution in [1.82, 2.24) is 4.90 Å². The van der Waals surface area contributed by atoms with Gasteiger partial charge in [-0.05, 0) is 49.2 Å². The van der Waals surface area contributed by atoms with Crippen molar-refractivity contribution >= 4 is 29.1 Å². The summed E-state index contributed by atoms with van der Waals surface area (Å²) in [6.07, 6.45) is 1.18. The second-order valence-electron chi connectivity index (χ2n) is 6.04. The van der Waals surface area contributed by atoms with E-state index in [1.54, 1.807) is 29.2 Å². The van der Waals surface area contributed by atoms with Gasteiger partial charge in [-0.1, -0.05) is 23.7 Å². The Kier molecular flexibility index (Phi) is 5.34. The van der Waals surface area contributed by atoms with Crippen LogP contribution in [0.25, 0.3) is 0 Å². The highest BCUT2D eigenvalue weighted by Gasteiger charge is 2.28. The monoisotopic (exact) mass is 360 g/mol. The molecule has 0 aromatic heterocycles. The predicted octanol–water partition coefficient (Wildman–Crippen LogP) is 4.61. The van der Waals surface area contributed by atoms with Crippen molar-refractivity contribution in [1.29, 1.82) is 0 Å². The van der Waals surface area contributed by atoms with Gasteiger partial charge in [0.05, 0.1) is 10.7 Å². The largest absolute Gasteiger partial charge is 0.324 e. The fourth-order valence-electron chi connectivity index (χ4n) is 2.95. The lowest BCUT2D eigenvalue weighted by molar-refractivity contribution is 0.0859. The lowest BCUT2D eigenvalue weighted by Gasteiger charge is -2.31. The number of Topliss-reactive ketones (excluding diaryl/α,β-unsaturated/α-hetero) is 1. The molecular weight excluding hydrogens is 343 g/mol. The van der Waals surface area contributed by atoms with E-state index in [1.165, 1.54) is 24.3 Å². The van der Waals surface area contributed by atoms with Crippen LogP contribution in [0.2, 0.25) is 5.02 Å². The number of hydrogen-bond acceptors (Lipinski definition) is 2. The summed E-state index contributed by atoms with van der Waals surface area (Å²) < 4.78 is 13.0. The minimum Gasteiger partial charge on any atom is -0.324 e. The van der Waals surface area contributed by atoms with Crippen molar-refractivity contribution in [2.75, 3.05) is 18.4 Å². The van der Waals surface area contributed by atoms with Crippen LogP contribution in [0.3, 0.4) is 0 Å².